The molecule has 4 rings (SSSR count). The van der Waals surface area contributed by atoms with Gasteiger partial charge in [-0.3, -0.25) is 9.69 Å². The van der Waals surface area contributed by atoms with Gasteiger partial charge in [0.05, 0.1) is 24.3 Å². The molecule has 0 unspecified atom stereocenters. The maximum absolute atomic E-state index is 13.5. The second-order valence-electron chi connectivity index (χ2n) is 9.25. The SMILES string of the molecule is CC.CC.CSc1ccc(NCC#Cc2cc3c(NC4CCN(CC(C)=O)CC4)cccc3n2CC(F)(F)F)cc1. The van der Waals surface area contributed by atoms with Crippen molar-refractivity contribution in [2.24, 2.45) is 0 Å². The van der Waals surface area contributed by atoms with Crippen LogP contribution >= 0.6 is 11.8 Å². The van der Waals surface area contributed by atoms with Gasteiger partial charge in [0.15, 0.2) is 0 Å². The third-order valence-corrected chi connectivity index (χ3v) is 7.11. The Hall–Kier alpha value is -3.09. The number of aromatic nitrogens is 1. The highest BCUT2D eigenvalue weighted by Crippen LogP contribution is 2.31. The Labute approximate surface area is 247 Å². The number of nitrogens with one attached hydrogen (secondary N) is 2. The van der Waals surface area contributed by atoms with Gasteiger partial charge >= 0.3 is 6.18 Å². The normalized spacial score (nSPS) is 13.7. The number of carbonyl (C=O) groups excluding carboxylic acids is 1. The molecule has 1 saturated heterocycles. The molecule has 9 heteroatoms. The molecule has 0 amide bonds. The highest BCUT2D eigenvalue weighted by Gasteiger charge is 2.30. The largest absolute Gasteiger partial charge is 0.406 e. The molecule has 2 N–H and O–H groups in total. The fourth-order valence-electron chi connectivity index (χ4n) is 4.62. The zero-order valence-electron chi connectivity index (χ0n) is 25.0. The summed E-state index contributed by atoms with van der Waals surface area (Å²) in [5.41, 5.74) is 2.54. The maximum atomic E-state index is 13.5. The highest BCUT2D eigenvalue weighted by atomic mass is 32.2. The van der Waals surface area contributed by atoms with E-state index >= 15 is 0 Å². The fourth-order valence-corrected chi connectivity index (χ4v) is 5.03. The van der Waals surface area contributed by atoms with Crippen molar-refractivity contribution in [1.29, 1.82) is 0 Å². The molecule has 2 heterocycles. The summed E-state index contributed by atoms with van der Waals surface area (Å²) >= 11 is 1.66. The number of carbonyl (C=O) groups is 1. The fraction of sp³-hybridized carbons (Fsp3) is 0.469. The minimum absolute atomic E-state index is 0.152. The molecule has 0 saturated carbocycles. The predicted molar refractivity (Wildman–Crippen MR) is 168 cm³/mol. The van der Waals surface area contributed by atoms with Crippen molar-refractivity contribution >= 4 is 39.8 Å². The minimum Gasteiger partial charge on any atom is -0.382 e. The van der Waals surface area contributed by atoms with Gasteiger partial charge in [-0.05, 0) is 74.4 Å². The summed E-state index contributed by atoms with van der Waals surface area (Å²) in [4.78, 5) is 14.7. The molecule has 0 spiro atoms. The number of fused-ring (bicyclic) bond motifs is 1. The molecule has 0 aliphatic carbocycles. The van der Waals surface area contributed by atoms with Gasteiger partial charge in [-0.25, -0.2) is 0 Å². The average molecular weight is 589 g/mol. The van der Waals surface area contributed by atoms with Crippen LogP contribution in [0.25, 0.3) is 10.9 Å². The van der Waals surface area contributed by atoms with Gasteiger partial charge < -0.3 is 15.2 Å². The number of benzene rings is 2. The molecule has 0 radical (unpaired) electrons. The first-order valence-corrected chi connectivity index (χ1v) is 15.5. The third-order valence-electron chi connectivity index (χ3n) is 6.36. The molecule has 1 aromatic heterocycles. The van der Waals surface area contributed by atoms with Crippen LogP contribution in [0.4, 0.5) is 24.5 Å². The summed E-state index contributed by atoms with van der Waals surface area (Å²) < 4.78 is 41.7. The number of halogens is 3. The van der Waals surface area contributed by atoms with Crippen LogP contribution in [0.5, 0.6) is 0 Å². The van der Waals surface area contributed by atoms with Gasteiger partial charge in [0.25, 0.3) is 0 Å². The van der Waals surface area contributed by atoms with Crippen molar-refractivity contribution < 1.29 is 18.0 Å². The van der Waals surface area contributed by atoms with Crippen LogP contribution in [0, 0.1) is 11.8 Å². The number of rotatable bonds is 8. The van der Waals surface area contributed by atoms with E-state index in [9.17, 15) is 18.0 Å². The van der Waals surface area contributed by atoms with Gasteiger partial charge in [-0.2, -0.15) is 13.2 Å². The molecular formula is C32H43F3N4OS. The summed E-state index contributed by atoms with van der Waals surface area (Å²) in [6, 6.07) is 15.2. The van der Waals surface area contributed by atoms with E-state index in [1.807, 2.05) is 64.3 Å². The molecule has 3 aromatic rings. The Morgan fingerprint density at radius 2 is 1.71 bits per heavy atom. The van der Waals surface area contributed by atoms with E-state index in [1.165, 1.54) is 4.57 Å². The highest BCUT2D eigenvalue weighted by molar-refractivity contribution is 7.98. The molecule has 1 aliphatic heterocycles. The van der Waals surface area contributed by atoms with Gasteiger partial charge in [-0.1, -0.05) is 39.7 Å². The number of thioether (sulfide) groups is 1. The maximum Gasteiger partial charge on any atom is 0.406 e. The van der Waals surface area contributed by atoms with Crippen molar-refractivity contribution in [2.75, 3.05) is 43.1 Å². The van der Waals surface area contributed by atoms with Gasteiger partial charge in [0.2, 0.25) is 0 Å². The summed E-state index contributed by atoms with van der Waals surface area (Å²) in [6.45, 7) is 10.9. The Morgan fingerprint density at radius 3 is 2.29 bits per heavy atom. The van der Waals surface area contributed by atoms with Crippen LogP contribution in [0.15, 0.2) is 53.4 Å². The number of hydrogen-bond donors (Lipinski definition) is 2. The molecule has 0 atom stereocenters. The number of alkyl halides is 3. The number of piperidine rings is 1. The summed E-state index contributed by atoms with van der Waals surface area (Å²) in [5.74, 6) is 6.08. The first kappa shape index (κ1) is 34.1. The van der Waals surface area contributed by atoms with E-state index < -0.39 is 12.7 Å². The third kappa shape index (κ3) is 10.7. The zero-order chi connectivity index (χ0) is 30.4. The standard InChI is InChI=1S/C28H31F3N4OS.2C2H6/c1-20(36)18-34-15-12-22(13-16-34)33-26-6-3-7-27-25(26)17-23(35(27)19-28(29,30)31)5-4-14-32-21-8-10-24(37-2)11-9-21;2*1-2/h3,6-11,17,22,32-33H,12-16,18-19H2,1-2H3;2*1-2H3. The second kappa shape index (κ2) is 17.0. The lowest BCUT2D eigenvalue weighted by Gasteiger charge is -2.32. The Bertz CT molecular complexity index is 1280. The molecule has 1 fully saturated rings. The summed E-state index contributed by atoms with van der Waals surface area (Å²) in [5, 5.41) is 7.45. The molecular weight excluding hydrogens is 545 g/mol. The Balaban J connectivity index is 0.00000141. The number of Topliss-reactive ketones (excluding diaryl/α,β-unsaturated/α-hetero) is 1. The topological polar surface area (TPSA) is 49.3 Å². The number of nitrogens with zero attached hydrogens (tertiary/aromatic N) is 2. The average Bonchev–Trinajstić information content (AvgIpc) is 3.31. The minimum atomic E-state index is -4.37. The van der Waals surface area contributed by atoms with Gasteiger partial charge in [0.1, 0.15) is 12.3 Å². The molecule has 5 nitrogen and oxygen atoms in total. The number of ketones is 1. The van der Waals surface area contributed by atoms with Crippen molar-refractivity contribution in [1.82, 2.24) is 9.47 Å². The van der Waals surface area contributed by atoms with Crippen LogP contribution in [0.1, 0.15) is 53.2 Å². The van der Waals surface area contributed by atoms with E-state index in [-0.39, 0.29) is 11.8 Å². The Morgan fingerprint density at radius 1 is 1.05 bits per heavy atom. The quantitative estimate of drug-likeness (QED) is 0.207. The second-order valence-corrected chi connectivity index (χ2v) is 10.1. The molecule has 224 valence electrons. The molecule has 1 aliphatic rings. The van der Waals surface area contributed by atoms with Crippen LogP contribution in [0.3, 0.4) is 0 Å². The molecule has 41 heavy (non-hydrogen) atoms. The van der Waals surface area contributed by atoms with Crippen molar-refractivity contribution in [2.45, 2.75) is 71.1 Å². The van der Waals surface area contributed by atoms with Crippen molar-refractivity contribution in [3.8, 4) is 11.8 Å². The van der Waals surface area contributed by atoms with Crippen molar-refractivity contribution in [3.63, 3.8) is 0 Å². The van der Waals surface area contributed by atoms with E-state index in [0.29, 0.717) is 24.3 Å². The van der Waals surface area contributed by atoms with Crippen molar-refractivity contribution in [3.05, 3.63) is 54.2 Å². The van der Waals surface area contributed by atoms with Crippen LogP contribution in [0.2, 0.25) is 0 Å². The smallest absolute Gasteiger partial charge is 0.382 e. The van der Waals surface area contributed by atoms with Crippen LogP contribution in [-0.2, 0) is 11.3 Å². The number of anilines is 2. The number of likely N-dealkylation sites (tertiary alicyclic amines) is 1. The first-order valence-electron chi connectivity index (χ1n) is 14.3. The zero-order valence-corrected chi connectivity index (χ0v) is 25.8. The van der Waals surface area contributed by atoms with Crippen LogP contribution in [-0.4, -0.2) is 59.9 Å². The summed E-state index contributed by atoms with van der Waals surface area (Å²) in [6.07, 6.45) is -0.632. The lowest BCUT2D eigenvalue weighted by Crippen LogP contribution is -2.41. The van der Waals surface area contributed by atoms with E-state index in [4.69, 9.17) is 0 Å². The lowest BCUT2D eigenvalue weighted by atomic mass is 10.0. The lowest BCUT2D eigenvalue weighted by molar-refractivity contribution is -0.140. The van der Waals surface area contributed by atoms with Gasteiger partial charge in [0, 0.05) is 40.8 Å². The molecule has 2 aromatic carbocycles. The van der Waals surface area contributed by atoms with E-state index in [1.54, 1.807) is 36.9 Å². The van der Waals surface area contributed by atoms with Crippen LogP contribution < -0.4 is 10.6 Å². The van der Waals surface area contributed by atoms with E-state index in [2.05, 4.69) is 27.4 Å². The number of hydrogen-bond acceptors (Lipinski definition) is 5. The Kier molecular flexibility index (Phi) is 14.1. The first-order chi connectivity index (χ1) is 19.7. The predicted octanol–water partition coefficient (Wildman–Crippen LogP) is 7.91. The molecule has 0 bridgehead atoms. The summed E-state index contributed by atoms with van der Waals surface area (Å²) in [7, 11) is 0. The van der Waals surface area contributed by atoms with Gasteiger partial charge in [-0.15, -0.1) is 11.8 Å². The monoisotopic (exact) mass is 588 g/mol. The van der Waals surface area contributed by atoms with E-state index in [0.717, 1.165) is 47.6 Å².